The zero-order chi connectivity index (χ0) is 12.4. The van der Waals surface area contributed by atoms with Gasteiger partial charge >= 0.3 is 6.18 Å². The summed E-state index contributed by atoms with van der Waals surface area (Å²) < 4.78 is 41.4. The zero-order valence-corrected chi connectivity index (χ0v) is 10.2. The minimum Gasteiger partial charge on any atom is -0.465 e. The standard InChI is InChI=1S/C10H12BrF3O2/c1-9(15,4-2-5-10(12,13)14)8-7(11)3-6-16-8/h3,6,15H,2,4-5H2,1H3. The van der Waals surface area contributed by atoms with Crippen LogP contribution in [0, 0.1) is 0 Å². The molecule has 0 radical (unpaired) electrons. The molecule has 0 aromatic carbocycles. The molecule has 0 fully saturated rings. The lowest BCUT2D eigenvalue weighted by molar-refractivity contribution is -0.138. The summed E-state index contributed by atoms with van der Waals surface area (Å²) in [5.41, 5.74) is -1.38. The van der Waals surface area contributed by atoms with E-state index in [-0.39, 0.29) is 18.6 Å². The van der Waals surface area contributed by atoms with E-state index in [4.69, 9.17) is 4.42 Å². The molecule has 2 nitrogen and oxygen atoms in total. The van der Waals surface area contributed by atoms with Gasteiger partial charge in [-0.2, -0.15) is 13.2 Å². The number of alkyl halides is 3. The van der Waals surface area contributed by atoms with Gasteiger partial charge in [-0.25, -0.2) is 0 Å². The van der Waals surface area contributed by atoms with Gasteiger partial charge in [0.25, 0.3) is 0 Å². The maximum Gasteiger partial charge on any atom is 0.389 e. The highest BCUT2D eigenvalue weighted by molar-refractivity contribution is 9.10. The smallest absolute Gasteiger partial charge is 0.389 e. The fourth-order valence-corrected chi connectivity index (χ4v) is 2.05. The van der Waals surface area contributed by atoms with Crippen molar-refractivity contribution in [2.45, 2.75) is 38.0 Å². The number of hydrogen-bond donors (Lipinski definition) is 1. The minimum absolute atomic E-state index is 0.00137. The maximum absolute atomic E-state index is 11.9. The summed E-state index contributed by atoms with van der Waals surface area (Å²) in [5, 5.41) is 9.96. The molecule has 1 heterocycles. The van der Waals surface area contributed by atoms with Crippen LogP contribution in [0.3, 0.4) is 0 Å². The molecular formula is C10H12BrF3O2. The Morgan fingerprint density at radius 2 is 2.00 bits per heavy atom. The first kappa shape index (κ1) is 13.6. The van der Waals surface area contributed by atoms with Crippen molar-refractivity contribution in [3.8, 4) is 0 Å². The van der Waals surface area contributed by atoms with Gasteiger partial charge in [0.2, 0.25) is 0 Å². The van der Waals surface area contributed by atoms with Gasteiger partial charge in [-0.1, -0.05) is 0 Å². The van der Waals surface area contributed by atoms with E-state index in [1.54, 1.807) is 6.07 Å². The summed E-state index contributed by atoms with van der Waals surface area (Å²) in [6, 6.07) is 1.59. The average Bonchev–Trinajstić information content (AvgIpc) is 2.48. The molecule has 0 bridgehead atoms. The van der Waals surface area contributed by atoms with E-state index in [1.807, 2.05) is 0 Å². The number of aliphatic hydroxyl groups is 1. The van der Waals surface area contributed by atoms with E-state index in [0.29, 0.717) is 4.47 Å². The SMILES string of the molecule is CC(O)(CCCC(F)(F)F)c1occc1Br. The van der Waals surface area contributed by atoms with Gasteiger partial charge in [0.05, 0.1) is 10.7 Å². The third-order valence-electron chi connectivity index (χ3n) is 2.23. The van der Waals surface area contributed by atoms with Gasteiger partial charge in [0.15, 0.2) is 0 Å². The Bertz CT molecular complexity index is 344. The molecule has 0 aliphatic rings. The molecule has 0 saturated carbocycles. The first-order valence-electron chi connectivity index (χ1n) is 4.75. The molecule has 1 N–H and O–H groups in total. The molecule has 0 aliphatic carbocycles. The second-order valence-electron chi connectivity index (χ2n) is 3.84. The van der Waals surface area contributed by atoms with Crippen LogP contribution in [-0.4, -0.2) is 11.3 Å². The predicted octanol–water partition coefficient (Wildman–Crippen LogP) is 3.98. The Morgan fingerprint density at radius 3 is 2.44 bits per heavy atom. The third kappa shape index (κ3) is 3.83. The van der Waals surface area contributed by atoms with Crippen molar-refractivity contribution in [2.24, 2.45) is 0 Å². The third-order valence-corrected chi connectivity index (χ3v) is 2.85. The van der Waals surface area contributed by atoms with E-state index in [0.717, 1.165) is 0 Å². The summed E-state index contributed by atoms with van der Waals surface area (Å²) in [4.78, 5) is 0. The summed E-state index contributed by atoms with van der Waals surface area (Å²) in [6.07, 6.45) is -3.85. The van der Waals surface area contributed by atoms with Crippen molar-refractivity contribution in [1.82, 2.24) is 0 Å². The molecule has 1 aromatic rings. The van der Waals surface area contributed by atoms with Crippen LogP contribution in [0.5, 0.6) is 0 Å². The highest BCUT2D eigenvalue weighted by atomic mass is 79.9. The van der Waals surface area contributed by atoms with Crippen LogP contribution in [0.4, 0.5) is 13.2 Å². The molecule has 0 amide bonds. The van der Waals surface area contributed by atoms with Gasteiger partial charge in [-0.15, -0.1) is 0 Å². The van der Waals surface area contributed by atoms with Crippen molar-refractivity contribution < 1.29 is 22.7 Å². The molecule has 0 saturated heterocycles. The molecule has 1 unspecified atom stereocenters. The monoisotopic (exact) mass is 300 g/mol. The van der Waals surface area contributed by atoms with Gasteiger partial charge in [-0.05, 0) is 41.8 Å². The van der Waals surface area contributed by atoms with Crippen LogP contribution in [0.1, 0.15) is 31.9 Å². The van der Waals surface area contributed by atoms with Crippen molar-refractivity contribution >= 4 is 15.9 Å². The number of furan rings is 1. The second-order valence-corrected chi connectivity index (χ2v) is 4.69. The summed E-state index contributed by atoms with van der Waals surface area (Å²) in [5.74, 6) is 0.259. The van der Waals surface area contributed by atoms with Crippen molar-refractivity contribution in [2.75, 3.05) is 0 Å². The van der Waals surface area contributed by atoms with Crippen molar-refractivity contribution in [1.29, 1.82) is 0 Å². The Labute approximate surface area is 99.6 Å². The molecule has 6 heteroatoms. The lowest BCUT2D eigenvalue weighted by atomic mass is 9.96. The number of halogens is 4. The van der Waals surface area contributed by atoms with Gasteiger partial charge in [0.1, 0.15) is 11.4 Å². The van der Waals surface area contributed by atoms with Gasteiger partial charge in [-0.3, -0.25) is 0 Å². The van der Waals surface area contributed by atoms with Crippen LogP contribution in [0.25, 0.3) is 0 Å². The highest BCUT2D eigenvalue weighted by Gasteiger charge is 2.32. The lowest BCUT2D eigenvalue weighted by Crippen LogP contribution is -2.21. The van der Waals surface area contributed by atoms with Gasteiger partial charge in [0, 0.05) is 6.42 Å². The Hall–Kier alpha value is -0.490. The van der Waals surface area contributed by atoms with Gasteiger partial charge < -0.3 is 9.52 Å². The van der Waals surface area contributed by atoms with Crippen LogP contribution >= 0.6 is 15.9 Å². The van der Waals surface area contributed by atoms with E-state index in [1.165, 1.54) is 13.2 Å². The van der Waals surface area contributed by atoms with E-state index < -0.39 is 18.2 Å². The van der Waals surface area contributed by atoms with Crippen LogP contribution < -0.4 is 0 Å². The molecule has 1 aromatic heterocycles. The van der Waals surface area contributed by atoms with E-state index in [2.05, 4.69) is 15.9 Å². The molecule has 0 aliphatic heterocycles. The normalized spacial score (nSPS) is 16.1. The Kier molecular flexibility index (Phi) is 4.07. The maximum atomic E-state index is 11.9. The van der Waals surface area contributed by atoms with Crippen LogP contribution in [0.2, 0.25) is 0 Å². The fourth-order valence-electron chi connectivity index (χ4n) is 1.42. The predicted molar refractivity (Wildman–Crippen MR) is 55.9 cm³/mol. The van der Waals surface area contributed by atoms with Crippen LogP contribution in [-0.2, 0) is 5.60 Å². The second kappa shape index (κ2) is 4.79. The summed E-state index contributed by atoms with van der Waals surface area (Å²) in [7, 11) is 0. The zero-order valence-electron chi connectivity index (χ0n) is 8.64. The number of hydrogen-bond acceptors (Lipinski definition) is 2. The molecule has 0 spiro atoms. The van der Waals surface area contributed by atoms with E-state index in [9.17, 15) is 18.3 Å². The quantitative estimate of drug-likeness (QED) is 0.912. The fraction of sp³-hybridized carbons (Fsp3) is 0.600. The molecule has 1 atom stereocenters. The molecular weight excluding hydrogens is 289 g/mol. The Balaban J connectivity index is 2.56. The topological polar surface area (TPSA) is 33.4 Å². The Morgan fingerprint density at radius 1 is 1.38 bits per heavy atom. The molecule has 1 rings (SSSR count). The minimum atomic E-state index is -4.18. The first-order valence-corrected chi connectivity index (χ1v) is 5.54. The average molecular weight is 301 g/mol. The summed E-state index contributed by atoms with van der Waals surface area (Å²) in [6.45, 7) is 1.44. The molecule has 92 valence electrons. The van der Waals surface area contributed by atoms with E-state index >= 15 is 0 Å². The first-order chi connectivity index (χ1) is 7.22. The largest absolute Gasteiger partial charge is 0.465 e. The lowest BCUT2D eigenvalue weighted by Gasteiger charge is -2.21. The number of rotatable bonds is 4. The molecule has 16 heavy (non-hydrogen) atoms. The van der Waals surface area contributed by atoms with Crippen molar-refractivity contribution in [3.63, 3.8) is 0 Å². The highest BCUT2D eigenvalue weighted by Crippen LogP contribution is 2.34. The van der Waals surface area contributed by atoms with Crippen LogP contribution in [0.15, 0.2) is 21.2 Å². The van der Waals surface area contributed by atoms with Crippen molar-refractivity contribution in [3.05, 3.63) is 22.6 Å². The summed E-state index contributed by atoms with van der Waals surface area (Å²) >= 11 is 3.16.